The largest absolute Gasteiger partial charge is 0.358 e. The van der Waals surface area contributed by atoms with Crippen molar-refractivity contribution < 1.29 is 9.59 Å². The van der Waals surface area contributed by atoms with E-state index in [-0.39, 0.29) is 18.4 Å². The van der Waals surface area contributed by atoms with E-state index in [2.05, 4.69) is 10.3 Å². The minimum absolute atomic E-state index is 0.00965. The number of hydrogen-bond donors (Lipinski definition) is 2. The molecule has 1 aliphatic heterocycles. The van der Waals surface area contributed by atoms with Gasteiger partial charge in [-0.2, -0.15) is 0 Å². The molecule has 0 fully saturated rings. The number of aromatic amines is 1. The summed E-state index contributed by atoms with van der Waals surface area (Å²) in [4.78, 5) is 30.3. The molecular formula is C22H22ClN3O2. The Morgan fingerprint density at radius 3 is 2.64 bits per heavy atom. The second-order valence-corrected chi connectivity index (χ2v) is 7.83. The number of nitrogens with zero attached hydrogens (tertiary/aromatic N) is 1. The zero-order valence-corrected chi connectivity index (χ0v) is 16.7. The Balaban J connectivity index is 1.44. The van der Waals surface area contributed by atoms with Crippen molar-refractivity contribution in [3.63, 3.8) is 0 Å². The number of H-pyrrole nitrogens is 1. The number of carbonyl (C=O) groups is 2. The number of rotatable bonds is 3. The van der Waals surface area contributed by atoms with Crippen LogP contribution in [0.25, 0.3) is 10.9 Å². The Morgan fingerprint density at radius 1 is 1.14 bits per heavy atom. The van der Waals surface area contributed by atoms with Crippen molar-refractivity contribution in [3.05, 3.63) is 69.4 Å². The van der Waals surface area contributed by atoms with Crippen molar-refractivity contribution in [3.8, 4) is 0 Å². The van der Waals surface area contributed by atoms with Gasteiger partial charge >= 0.3 is 0 Å². The van der Waals surface area contributed by atoms with Crippen LogP contribution in [0.2, 0.25) is 5.02 Å². The Morgan fingerprint density at radius 2 is 1.89 bits per heavy atom. The van der Waals surface area contributed by atoms with Crippen molar-refractivity contribution in [1.82, 2.24) is 15.2 Å². The first-order chi connectivity index (χ1) is 13.4. The predicted molar refractivity (Wildman–Crippen MR) is 111 cm³/mol. The number of carbonyl (C=O) groups excluding carboxylic acids is 2. The van der Waals surface area contributed by atoms with Gasteiger partial charge in [0.2, 0.25) is 5.91 Å². The molecule has 144 valence electrons. The minimum atomic E-state index is -0.225. The normalized spacial score (nSPS) is 13.5. The molecule has 0 radical (unpaired) electrons. The van der Waals surface area contributed by atoms with Gasteiger partial charge in [0.25, 0.3) is 5.91 Å². The van der Waals surface area contributed by atoms with Crippen LogP contribution in [-0.2, 0) is 17.8 Å². The molecule has 5 nitrogen and oxygen atoms in total. The number of amides is 2. The molecule has 3 aromatic rings. The highest BCUT2D eigenvalue weighted by Gasteiger charge is 2.24. The highest BCUT2D eigenvalue weighted by atomic mass is 35.5. The molecule has 0 saturated heterocycles. The van der Waals surface area contributed by atoms with Crippen LogP contribution in [0.1, 0.15) is 32.7 Å². The van der Waals surface area contributed by atoms with E-state index in [1.54, 1.807) is 4.90 Å². The highest BCUT2D eigenvalue weighted by molar-refractivity contribution is 6.31. The van der Waals surface area contributed by atoms with Crippen molar-refractivity contribution >= 4 is 34.3 Å². The van der Waals surface area contributed by atoms with E-state index in [0.717, 1.165) is 39.7 Å². The van der Waals surface area contributed by atoms with Gasteiger partial charge in [-0.3, -0.25) is 9.59 Å². The standard InChI is InChI=1S/C22H22ClN3O2/c1-13-7-14(2)9-15(8-13)22(28)24-11-21(27)26-6-5-20-18(12-26)17-10-16(23)3-4-19(17)25-20/h3-4,7-10,25H,5-6,11-12H2,1-2H3,(H,24,28). The molecule has 6 heteroatoms. The summed E-state index contributed by atoms with van der Waals surface area (Å²) in [6, 6.07) is 11.4. The van der Waals surface area contributed by atoms with Crippen LogP contribution in [0, 0.1) is 13.8 Å². The third-order valence-corrected chi connectivity index (χ3v) is 5.41. The Hall–Kier alpha value is -2.79. The highest BCUT2D eigenvalue weighted by Crippen LogP contribution is 2.29. The van der Waals surface area contributed by atoms with Gasteiger partial charge in [-0.25, -0.2) is 0 Å². The maximum atomic E-state index is 12.7. The first-order valence-electron chi connectivity index (χ1n) is 9.34. The van der Waals surface area contributed by atoms with Gasteiger partial charge in [-0.15, -0.1) is 0 Å². The van der Waals surface area contributed by atoms with Gasteiger partial charge in [0.1, 0.15) is 0 Å². The van der Waals surface area contributed by atoms with E-state index in [0.29, 0.717) is 23.7 Å². The Bertz CT molecular complexity index is 1070. The van der Waals surface area contributed by atoms with Gasteiger partial charge in [0, 0.05) is 52.3 Å². The first-order valence-corrected chi connectivity index (χ1v) is 9.72. The molecule has 2 aromatic carbocycles. The summed E-state index contributed by atoms with van der Waals surface area (Å²) in [6.45, 7) is 5.05. The summed E-state index contributed by atoms with van der Waals surface area (Å²) in [6.07, 6.45) is 0.762. The maximum Gasteiger partial charge on any atom is 0.251 e. The van der Waals surface area contributed by atoms with Crippen LogP contribution >= 0.6 is 11.6 Å². The lowest BCUT2D eigenvalue weighted by molar-refractivity contribution is -0.131. The molecular weight excluding hydrogens is 374 g/mol. The van der Waals surface area contributed by atoms with Crippen molar-refractivity contribution in [2.45, 2.75) is 26.8 Å². The topological polar surface area (TPSA) is 65.2 Å². The Kier molecular flexibility index (Phi) is 4.85. The molecule has 1 aromatic heterocycles. The molecule has 0 unspecified atom stereocenters. The lowest BCUT2D eigenvalue weighted by Crippen LogP contribution is -2.42. The third kappa shape index (κ3) is 3.62. The molecule has 28 heavy (non-hydrogen) atoms. The SMILES string of the molecule is Cc1cc(C)cc(C(=O)NCC(=O)N2CCc3[nH]c4ccc(Cl)cc4c3C2)c1. The fourth-order valence-electron chi connectivity index (χ4n) is 3.87. The lowest BCUT2D eigenvalue weighted by Gasteiger charge is -2.27. The smallest absolute Gasteiger partial charge is 0.251 e. The Labute approximate surface area is 168 Å². The maximum absolute atomic E-state index is 12.7. The zero-order valence-electron chi connectivity index (χ0n) is 15.9. The first kappa shape index (κ1) is 18.6. The molecule has 1 aliphatic rings. The van der Waals surface area contributed by atoms with Gasteiger partial charge < -0.3 is 15.2 Å². The monoisotopic (exact) mass is 395 g/mol. The second-order valence-electron chi connectivity index (χ2n) is 7.40. The van der Waals surface area contributed by atoms with Crippen LogP contribution in [0.4, 0.5) is 0 Å². The van der Waals surface area contributed by atoms with E-state index in [1.807, 2.05) is 50.2 Å². The minimum Gasteiger partial charge on any atom is -0.358 e. The third-order valence-electron chi connectivity index (χ3n) is 5.17. The number of nitrogens with one attached hydrogen (secondary N) is 2. The molecule has 2 amide bonds. The zero-order chi connectivity index (χ0) is 19.8. The van der Waals surface area contributed by atoms with E-state index in [1.165, 1.54) is 0 Å². The number of hydrogen-bond acceptors (Lipinski definition) is 2. The molecule has 0 saturated carbocycles. The molecule has 4 rings (SSSR count). The molecule has 0 bridgehead atoms. The molecule has 2 N–H and O–H groups in total. The number of fused-ring (bicyclic) bond motifs is 3. The number of aryl methyl sites for hydroxylation is 2. The summed E-state index contributed by atoms with van der Waals surface area (Å²) in [5.74, 6) is -0.309. The van der Waals surface area contributed by atoms with Gasteiger partial charge in [-0.05, 0) is 44.2 Å². The van der Waals surface area contributed by atoms with Crippen LogP contribution in [0.15, 0.2) is 36.4 Å². The number of halogens is 1. The molecule has 0 aliphatic carbocycles. The van der Waals surface area contributed by atoms with Crippen LogP contribution in [-0.4, -0.2) is 34.8 Å². The fraction of sp³-hybridized carbons (Fsp3) is 0.273. The van der Waals surface area contributed by atoms with Crippen molar-refractivity contribution in [2.24, 2.45) is 0 Å². The summed E-state index contributed by atoms with van der Waals surface area (Å²) < 4.78 is 0. The van der Waals surface area contributed by atoms with Crippen molar-refractivity contribution in [2.75, 3.05) is 13.1 Å². The second kappa shape index (κ2) is 7.32. The molecule has 0 atom stereocenters. The van der Waals surface area contributed by atoms with Crippen LogP contribution < -0.4 is 5.32 Å². The predicted octanol–water partition coefficient (Wildman–Crippen LogP) is 3.75. The van der Waals surface area contributed by atoms with Gasteiger partial charge in [0.15, 0.2) is 0 Å². The summed E-state index contributed by atoms with van der Waals surface area (Å²) in [5.41, 5.74) is 5.93. The molecule has 0 spiro atoms. The average molecular weight is 396 g/mol. The number of aromatic nitrogens is 1. The van der Waals surface area contributed by atoms with E-state index < -0.39 is 0 Å². The van der Waals surface area contributed by atoms with Crippen LogP contribution in [0.3, 0.4) is 0 Å². The van der Waals surface area contributed by atoms with Crippen LogP contribution in [0.5, 0.6) is 0 Å². The number of benzene rings is 2. The van der Waals surface area contributed by atoms with Gasteiger partial charge in [-0.1, -0.05) is 28.8 Å². The quantitative estimate of drug-likeness (QED) is 0.709. The fourth-order valence-corrected chi connectivity index (χ4v) is 4.05. The van der Waals surface area contributed by atoms with E-state index in [4.69, 9.17) is 11.6 Å². The van der Waals surface area contributed by atoms with Crippen molar-refractivity contribution in [1.29, 1.82) is 0 Å². The van der Waals surface area contributed by atoms with E-state index in [9.17, 15) is 9.59 Å². The summed E-state index contributed by atoms with van der Waals surface area (Å²) >= 11 is 6.14. The van der Waals surface area contributed by atoms with E-state index >= 15 is 0 Å². The summed E-state index contributed by atoms with van der Waals surface area (Å²) in [7, 11) is 0. The molecule has 2 heterocycles. The average Bonchev–Trinajstić information content (AvgIpc) is 3.02. The summed E-state index contributed by atoms with van der Waals surface area (Å²) in [5, 5.41) is 4.49. The van der Waals surface area contributed by atoms with Gasteiger partial charge in [0.05, 0.1) is 6.54 Å². The lowest BCUT2D eigenvalue weighted by atomic mass is 10.0.